The number of aromatic amines is 1. The minimum Gasteiger partial charge on any atom is -0.390 e. The summed E-state index contributed by atoms with van der Waals surface area (Å²) in [5.74, 6) is 0.664. The van der Waals surface area contributed by atoms with Gasteiger partial charge in [0.05, 0.1) is 11.3 Å². The zero-order valence-corrected chi connectivity index (χ0v) is 16.3. The number of hydrogen-bond acceptors (Lipinski definition) is 3. The minimum atomic E-state index is -0.692. The molecule has 1 aliphatic heterocycles. The van der Waals surface area contributed by atoms with Gasteiger partial charge in [-0.05, 0) is 57.2 Å². The predicted octanol–water partition coefficient (Wildman–Crippen LogP) is 3.58. The minimum absolute atomic E-state index is 0.0894. The maximum atomic E-state index is 13.1. The average Bonchev–Trinajstić information content (AvgIpc) is 3.00. The van der Waals surface area contributed by atoms with E-state index in [-0.39, 0.29) is 5.91 Å². The summed E-state index contributed by atoms with van der Waals surface area (Å²) in [4.78, 5) is 15.0. The van der Waals surface area contributed by atoms with Crippen LogP contribution in [-0.2, 0) is 19.4 Å². The van der Waals surface area contributed by atoms with Gasteiger partial charge in [-0.1, -0.05) is 18.6 Å². The molecule has 0 radical (unpaired) electrons. The molecule has 5 heteroatoms. The molecule has 0 bridgehead atoms. The van der Waals surface area contributed by atoms with Crippen LogP contribution in [0.25, 0.3) is 0 Å². The van der Waals surface area contributed by atoms with Gasteiger partial charge in [-0.3, -0.25) is 9.89 Å². The number of amides is 1. The molecule has 0 unspecified atom stereocenters. The summed E-state index contributed by atoms with van der Waals surface area (Å²) in [5.41, 5.74) is 4.78. The number of carbonyl (C=O) groups is 1. The molecule has 144 valence electrons. The van der Waals surface area contributed by atoms with Crippen LogP contribution in [0.1, 0.15) is 78.3 Å². The quantitative estimate of drug-likeness (QED) is 0.849. The van der Waals surface area contributed by atoms with Crippen molar-refractivity contribution < 1.29 is 9.90 Å². The van der Waals surface area contributed by atoms with E-state index in [0.717, 1.165) is 30.5 Å². The Balaban J connectivity index is 1.48. The Kier molecular flexibility index (Phi) is 4.81. The van der Waals surface area contributed by atoms with Crippen LogP contribution < -0.4 is 0 Å². The molecule has 1 fully saturated rings. The smallest absolute Gasteiger partial charge is 0.254 e. The summed E-state index contributed by atoms with van der Waals surface area (Å²) >= 11 is 0. The molecule has 5 nitrogen and oxygen atoms in total. The van der Waals surface area contributed by atoms with Gasteiger partial charge in [0.25, 0.3) is 5.91 Å². The number of rotatable bonds is 5. The first-order valence-corrected chi connectivity index (χ1v) is 10.1. The van der Waals surface area contributed by atoms with Crippen molar-refractivity contribution in [2.24, 2.45) is 0 Å². The molecule has 1 saturated carbocycles. The number of nitrogens with zero attached hydrogens (tertiary/aromatic N) is 2. The normalized spacial score (nSPS) is 17.5. The van der Waals surface area contributed by atoms with Crippen molar-refractivity contribution >= 4 is 5.91 Å². The molecule has 2 aliphatic rings. The van der Waals surface area contributed by atoms with E-state index >= 15 is 0 Å². The van der Waals surface area contributed by atoms with E-state index in [1.165, 1.54) is 36.2 Å². The van der Waals surface area contributed by atoms with Crippen molar-refractivity contribution in [3.63, 3.8) is 0 Å². The highest BCUT2D eigenvalue weighted by atomic mass is 16.3. The van der Waals surface area contributed by atoms with Gasteiger partial charge in [-0.25, -0.2) is 0 Å². The Morgan fingerprint density at radius 1 is 1.37 bits per heavy atom. The zero-order valence-electron chi connectivity index (χ0n) is 16.3. The Labute approximate surface area is 160 Å². The summed E-state index contributed by atoms with van der Waals surface area (Å²) in [5, 5.41) is 17.7. The van der Waals surface area contributed by atoms with Gasteiger partial charge < -0.3 is 10.0 Å². The number of carbonyl (C=O) groups excluding carboxylic acids is 1. The van der Waals surface area contributed by atoms with Crippen LogP contribution in [0.2, 0.25) is 0 Å². The summed E-state index contributed by atoms with van der Waals surface area (Å²) < 4.78 is 0. The van der Waals surface area contributed by atoms with Crippen LogP contribution in [0.3, 0.4) is 0 Å². The van der Waals surface area contributed by atoms with E-state index in [4.69, 9.17) is 0 Å². The lowest BCUT2D eigenvalue weighted by molar-refractivity contribution is 0.0714. The number of aryl methyl sites for hydroxylation is 1. The number of nitrogens with one attached hydrogen (secondary N) is 1. The summed E-state index contributed by atoms with van der Waals surface area (Å²) in [6.45, 7) is 5.02. The maximum Gasteiger partial charge on any atom is 0.254 e. The first-order valence-electron chi connectivity index (χ1n) is 10.1. The van der Waals surface area contributed by atoms with Crippen LogP contribution in [0.4, 0.5) is 0 Å². The van der Waals surface area contributed by atoms with E-state index in [2.05, 4.69) is 10.2 Å². The van der Waals surface area contributed by atoms with Crippen LogP contribution in [0.15, 0.2) is 24.3 Å². The topological polar surface area (TPSA) is 69.2 Å². The van der Waals surface area contributed by atoms with Crippen LogP contribution in [-0.4, -0.2) is 38.3 Å². The fourth-order valence-corrected chi connectivity index (χ4v) is 4.00. The lowest BCUT2D eigenvalue weighted by atomic mass is 9.80. The third-order valence-corrected chi connectivity index (χ3v) is 5.94. The zero-order chi connectivity index (χ0) is 19.0. The molecule has 0 saturated heterocycles. The summed E-state index contributed by atoms with van der Waals surface area (Å²) in [6, 6.07) is 7.85. The van der Waals surface area contributed by atoms with Crippen LogP contribution >= 0.6 is 0 Å². The third kappa shape index (κ3) is 3.93. The van der Waals surface area contributed by atoms with Crippen molar-refractivity contribution in [1.82, 2.24) is 15.1 Å². The molecule has 1 aromatic heterocycles. The number of aliphatic hydroxyl groups is 1. The molecule has 27 heavy (non-hydrogen) atoms. The van der Waals surface area contributed by atoms with E-state index < -0.39 is 5.60 Å². The van der Waals surface area contributed by atoms with Gasteiger partial charge in [0.15, 0.2) is 0 Å². The standard InChI is InChI=1S/C22H29N3O2/c1-22(2,27)11-9-15-5-3-8-17(13-15)21(26)25-12-10-19-18(14-25)20(24-23-19)16-6-4-7-16/h3,5,8,13,16,27H,4,6-7,9-12,14H2,1-2H3,(H,23,24). The van der Waals surface area contributed by atoms with Crippen molar-refractivity contribution in [3.8, 4) is 0 Å². The molecule has 2 heterocycles. The molecular formula is C22H29N3O2. The highest BCUT2D eigenvalue weighted by molar-refractivity contribution is 5.94. The highest BCUT2D eigenvalue weighted by Crippen LogP contribution is 2.39. The molecule has 2 aromatic rings. The molecule has 2 N–H and O–H groups in total. The second-order valence-electron chi connectivity index (χ2n) is 8.68. The predicted molar refractivity (Wildman–Crippen MR) is 105 cm³/mol. The second-order valence-corrected chi connectivity index (χ2v) is 8.68. The largest absolute Gasteiger partial charge is 0.390 e. The third-order valence-electron chi connectivity index (χ3n) is 5.94. The fourth-order valence-electron chi connectivity index (χ4n) is 4.00. The van der Waals surface area contributed by atoms with Gasteiger partial charge in [0.1, 0.15) is 0 Å². The number of aromatic nitrogens is 2. The van der Waals surface area contributed by atoms with Gasteiger partial charge >= 0.3 is 0 Å². The highest BCUT2D eigenvalue weighted by Gasteiger charge is 2.31. The first kappa shape index (κ1) is 18.2. The lowest BCUT2D eigenvalue weighted by Gasteiger charge is -2.30. The number of hydrogen-bond donors (Lipinski definition) is 2. The van der Waals surface area contributed by atoms with Crippen molar-refractivity contribution in [1.29, 1.82) is 0 Å². The molecule has 4 rings (SSSR count). The van der Waals surface area contributed by atoms with E-state index in [1.807, 2.05) is 43.0 Å². The number of benzene rings is 1. The van der Waals surface area contributed by atoms with E-state index in [9.17, 15) is 9.90 Å². The van der Waals surface area contributed by atoms with Crippen LogP contribution in [0.5, 0.6) is 0 Å². The van der Waals surface area contributed by atoms with Gasteiger partial charge in [0, 0.05) is 42.2 Å². The van der Waals surface area contributed by atoms with Gasteiger partial charge in [-0.15, -0.1) is 0 Å². The summed E-state index contributed by atoms with van der Waals surface area (Å²) in [6.07, 6.45) is 6.01. The Morgan fingerprint density at radius 3 is 2.89 bits per heavy atom. The molecule has 0 spiro atoms. The molecule has 1 amide bonds. The second kappa shape index (κ2) is 7.12. The van der Waals surface area contributed by atoms with Crippen molar-refractivity contribution in [3.05, 3.63) is 52.3 Å². The van der Waals surface area contributed by atoms with Crippen molar-refractivity contribution in [2.45, 2.75) is 70.4 Å². The molecular weight excluding hydrogens is 338 g/mol. The number of H-pyrrole nitrogens is 1. The Hall–Kier alpha value is -2.14. The van der Waals surface area contributed by atoms with Crippen LogP contribution in [0, 0.1) is 0 Å². The summed E-state index contributed by atoms with van der Waals surface area (Å²) in [7, 11) is 0. The number of fused-ring (bicyclic) bond motifs is 1. The van der Waals surface area contributed by atoms with E-state index in [1.54, 1.807) is 0 Å². The average molecular weight is 367 g/mol. The maximum absolute atomic E-state index is 13.1. The molecule has 0 atom stereocenters. The molecule has 1 aliphatic carbocycles. The van der Waals surface area contributed by atoms with E-state index in [0.29, 0.717) is 18.9 Å². The van der Waals surface area contributed by atoms with Gasteiger partial charge in [-0.2, -0.15) is 5.10 Å². The lowest BCUT2D eigenvalue weighted by Crippen LogP contribution is -2.36. The van der Waals surface area contributed by atoms with Gasteiger partial charge in [0.2, 0.25) is 0 Å². The monoisotopic (exact) mass is 367 g/mol. The fraction of sp³-hybridized carbons (Fsp3) is 0.545. The molecule has 1 aromatic carbocycles. The Morgan fingerprint density at radius 2 is 2.19 bits per heavy atom. The SMILES string of the molecule is CC(C)(O)CCc1cccc(C(=O)N2CCc3[nH]nc(C4CCC4)c3C2)c1. The Bertz CT molecular complexity index is 830. The van der Waals surface area contributed by atoms with Crippen molar-refractivity contribution in [2.75, 3.05) is 6.54 Å². The first-order chi connectivity index (χ1) is 12.9.